The van der Waals surface area contributed by atoms with Gasteiger partial charge in [-0.15, -0.1) is 0 Å². The van der Waals surface area contributed by atoms with E-state index in [1.807, 2.05) is 24.4 Å². The number of carbonyl (C=O) groups excluding carboxylic acids is 1. The number of carbonyl (C=O) groups is 1. The van der Waals surface area contributed by atoms with E-state index in [2.05, 4.69) is 14.9 Å². The van der Waals surface area contributed by atoms with E-state index in [4.69, 9.17) is 5.26 Å². The summed E-state index contributed by atoms with van der Waals surface area (Å²) in [6.45, 7) is 2.88. The lowest BCUT2D eigenvalue weighted by Crippen LogP contribution is -2.48. The van der Waals surface area contributed by atoms with Gasteiger partial charge in [-0.2, -0.15) is 5.26 Å². The Balaban J connectivity index is 1.74. The Morgan fingerprint density at radius 1 is 1.35 bits per heavy atom. The third-order valence-corrected chi connectivity index (χ3v) is 3.64. The molecule has 0 bridgehead atoms. The third kappa shape index (κ3) is 2.18. The van der Waals surface area contributed by atoms with Crippen molar-refractivity contribution in [3.8, 4) is 6.07 Å². The van der Waals surface area contributed by atoms with E-state index in [1.54, 1.807) is 11.1 Å². The van der Waals surface area contributed by atoms with Crippen LogP contribution >= 0.6 is 0 Å². The summed E-state index contributed by atoms with van der Waals surface area (Å²) in [4.78, 5) is 23.1. The molecule has 2 aromatic rings. The first-order valence-corrected chi connectivity index (χ1v) is 6.61. The lowest BCUT2D eigenvalue weighted by Gasteiger charge is -2.36. The van der Waals surface area contributed by atoms with Crippen LogP contribution in [0, 0.1) is 11.3 Å². The van der Waals surface area contributed by atoms with Crippen molar-refractivity contribution in [2.45, 2.75) is 6.42 Å². The summed E-state index contributed by atoms with van der Waals surface area (Å²) in [6.07, 6.45) is 3.65. The number of aromatic amines is 1. The van der Waals surface area contributed by atoms with Crippen LogP contribution in [0.25, 0.3) is 11.0 Å². The van der Waals surface area contributed by atoms with Crippen LogP contribution in [-0.2, 0) is 4.79 Å². The molecule has 3 rings (SSSR count). The minimum atomic E-state index is -0.0753. The molecule has 2 aromatic heterocycles. The quantitative estimate of drug-likeness (QED) is 0.886. The highest BCUT2D eigenvalue weighted by atomic mass is 16.2. The second-order valence-electron chi connectivity index (χ2n) is 4.77. The lowest BCUT2D eigenvalue weighted by atomic mass is 10.2. The Kier molecular flexibility index (Phi) is 3.25. The molecule has 1 fully saturated rings. The zero-order chi connectivity index (χ0) is 13.9. The van der Waals surface area contributed by atoms with Crippen LogP contribution in [0.3, 0.4) is 0 Å². The van der Waals surface area contributed by atoms with Gasteiger partial charge in [0.15, 0.2) is 0 Å². The Morgan fingerprint density at radius 3 is 2.90 bits per heavy atom. The van der Waals surface area contributed by atoms with Crippen LogP contribution in [0.1, 0.15) is 6.42 Å². The van der Waals surface area contributed by atoms with E-state index < -0.39 is 0 Å². The number of rotatable bonds is 2. The molecule has 0 unspecified atom stereocenters. The van der Waals surface area contributed by atoms with Crippen LogP contribution < -0.4 is 4.90 Å². The van der Waals surface area contributed by atoms with Gasteiger partial charge in [0.1, 0.15) is 12.1 Å². The van der Waals surface area contributed by atoms with Crippen molar-refractivity contribution >= 4 is 22.6 Å². The van der Waals surface area contributed by atoms with Gasteiger partial charge in [0.05, 0.1) is 6.07 Å². The number of nitriles is 1. The van der Waals surface area contributed by atoms with Gasteiger partial charge < -0.3 is 14.8 Å². The van der Waals surface area contributed by atoms with Crippen LogP contribution in [0.2, 0.25) is 0 Å². The number of fused-ring (bicyclic) bond motifs is 1. The van der Waals surface area contributed by atoms with E-state index in [0.717, 1.165) is 29.8 Å². The van der Waals surface area contributed by atoms with Gasteiger partial charge in [0.25, 0.3) is 0 Å². The summed E-state index contributed by atoms with van der Waals surface area (Å²) in [5.41, 5.74) is 2.02. The summed E-state index contributed by atoms with van der Waals surface area (Å²) in [5, 5.41) is 9.67. The number of aromatic nitrogens is 2. The number of anilines is 1. The SMILES string of the molecule is N#CCC(=O)N1CCN(c2ccnc3[nH]ccc23)CC1. The van der Waals surface area contributed by atoms with Gasteiger partial charge in [-0.25, -0.2) is 4.98 Å². The highest BCUT2D eigenvalue weighted by Gasteiger charge is 2.22. The van der Waals surface area contributed by atoms with Crippen LogP contribution in [-0.4, -0.2) is 47.0 Å². The molecular formula is C14H15N5O. The van der Waals surface area contributed by atoms with Crippen molar-refractivity contribution in [1.29, 1.82) is 5.26 Å². The molecule has 0 saturated carbocycles. The fourth-order valence-corrected chi connectivity index (χ4v) is 2.60. The first-order chi connectivity index (χ1) is 9.79. The Hall–Kier alpha value is -2.55. The smallest absolute Gasteiger partial charge is 0.236 e. The molecule has 1 aliphatic rings. The number of piperazine rings is 1. The highest BCUT2D eigenvalue weighted by molar-refractivity contribution is 5.89. The maximum Gasteiger partial charge on any atom is 0.236 e. The Morgan fingerprint density at radius 2 is 2.15 bits per heavy atom. The molecule has 1 aliphatic heterocycles. The number of pyridine rings is 1. The molecule has 1 amide bonds. The zero-order valence-electron chi connectivity index (χ0n) is 11.0. The van der Waals surface area contributed by atoms with Crippen LogP contribution in [0.4, 0.5) is 5.69 Å². The van der Waals surface area contributed by atoms with Gasteiger partial charge >= 0.3 is 0 Å². The summed E-state index contributed by atoms with van der Waals surface area (Å²) in [5.74, 6) is -0.0753. The van der Waals surface area contributed by atoms with E-state index >= 15 is 0 Å². The van der Waals surface area contributed by atoms with Gasteiger partial charge in [0.2, 0.25) is 5.91 Å². The molecular weight excluding hydrogens is 254 g/mol. The second kappa shape index (κ2) is 5.21. The molecule has 0 spiro atoms. The summed E-state index contributed by atoms with van der Waals surface area (Å²) >= 11 is 0. The first kappa shape index (κ1) is 12.5. The van der Waals surface area contributed by atoms with Gasteiger partial charge in [-0.3, -0.25) is 4.79 Å². The largest absolute Gasteiger partial charge is 0.367 e. The average Bonchev–Trinajstić information content (AvgIpc) is 2.96. The second-order valence-corrected chi connectivity index (χ2v) is 4.77. The van der Waals surface area contributed by atoms with E-state index in [9.17, 15) is 4.79 Å². The predicted molar refractivity (Wildman–Crippen MR) is 75.1 cm³/mol. The molecule has 3 heterocycles. The molecule has 0 aliphatic carbocycles. The number of nitrogens with one attached hydrogen (secondary N) is 1. The maximum atomic E-state index is 11.7. The minimum Gasteiger partial charge on any atom is -0.367 e. The standard InChI is InChI=1S/C14H15N5O/c15-4-1-13(20)19-9-7-18(8-10-19)12-3-6-17-14-11(12)2-5-16-14/h2-3,5-6H,1,7-10H2,(H,16,17). The number of nitrogens with zero attached hydrogens (tertiary/aromatic N) is 4. The predicted octanol–water partition coefficient (Wildman–Crippen LogP) is 1.13. The van der Waals surface area contributed by atoms with Crippen molar-refractivity contribution in [3.05, 3.63) is 24.5 Å². The molecule has 1 N–H and O–H groups in total. The summed E-state index contributed by atoms with van der Waals surface area (Å²) < 4.78 is 0. The Labute approximate surface area is 116 Å². The molecule has 0 aromatic carbocycles. The summed E-state index contributed by atoms with van der Waals surface area (Å²) in [6, 6.07) is 5.93. The molecule has 1 saturated heterocycles. The van der Waals surface area contributed by atoms with Crippen molar-refractivity contribution in [1.82, 2.24) is 14.9 Å². The third-order valence-electron chi connectivity index (χ3n) is 3.64. The lowest BCUT2D eigenvalue weighted by molar-refractivity contribution is -0.130. The normalized spacial score (nSPS) is 15.3. The van der Waals surface area contributed by atoms with Crippen molar-refractivity contribution in [3.63, 3.8) is 0 Å². The summed E-state index contributed by atoms with van der Waals surface area (Å²) in [7, 11) is 0. The first-order valence-electron chi connectivity index (χ1n) is 6.61. The molecule has 0 atom stereocenters. The van der Waals surface area contributed by atoms with Crippen molar-refractivity contribution in [2.75, 3.05) is 31.1 Å². The van der Waals surface area contributed by atoms with E-state index in [-0.39, 0.29) is 12.3 Å². The molecule has 6 heteroatoms. The minimum absolute atomic E-state index is 0.0304. The molecule has 6 nitrogen and oxygen atoms in total. The number of amides is 1. The fraction of sp³-hybridized carbons (Fsp3) is 0.357. The maximum absolute atomic E-state index is 11.7. The zero-order valence-corrected chi connectivity index (χ0v) is 11.0. The fourth-order valence-electron chi connectivity index (χ4n) is 2.60. The van der Waals surface area contributed by atoms with E-state index in [1.165, 1.54) is 0 Å². The van der Waals surface area contributed by atoms with Gasteiger partial charge in [-0.1, -0.05) is 0 Å². The van der Waals surface area contributed by atoms with Crippen molar-refractivity contribution < 1.29 is 4.79 Å². The number of hydrogen-bond acceptors (Lipinski definition) is 4. The van der Waals surface area contributed by atoms with Crippen LogP contribution in [0.5, 0.6) is 0 Å². The average molecular weight is 269 g/mol. The van der Waals surface area contributed by atoms with Crippen molar-refractivity contribution in [2.24, 2.45) is 0 Å². The number of H-pyrrole nitrogens is 1. The topological polar surface area (TPSA) is 76.0 Å². The highest BCUT2D eigenvalue weighted by Crippen LogP contribution is 2.25. The van der Waals surface area contributed by atoms with E-state index in [0.29, 0.717) is 13.1 Å². The van der Waals surface area contributed by atoms with Crippen LogP contribution in [0.15, 0.2) is 24.5 Å². The molecule has 20 heavy (non-hydrogen) atoms. The van der Waals surface area contributed by atoms with Gasteiger partial charge in [0, 0.05) is 49.6 Å². The molecule has 0 radical (unpaired) electrons. The Bertz CT molecular complexity index is 663. The number of hydrogen-bond donors (Lipinski definition) is 1. The van der Waals surface area contributed by atoms with Gasteiger partial charge in [-0.05, 0) is 12.1 Å². The molecule has 102 valence electrons. The monoisotopic (exact) mass is 269 g/mol.